The van der Waals surface area contributed by atoms with Crippen molar-refractivity contribution in [3.8, 4) is 6.07 Å². The fraction of sp³-hybridized carbons (Fsp3) is 0.125. The Morgan fingerprint density at radius 3 is 2.65 bits per heavy atom. The predicted molar refractivity (Wildman–Crippen MR) is 120 cm³/mol. The molecule has 4 rings (SSSR count). The molecule has 4 aromatic rings. The number of carbonyl (C=O) groups excluding carboxylic acids is 2. The number of primary amides is 1. The Hall–Kier alpha value is -4.31. The van der Waals surface area contributed by atoms with E-state index in [9.17, 15) is 14.9 Å². The summed E-state index contributed by atoms with van der Waals surface area (Å²) in [7, 11) is 0. The smallest absolute Gasteiger partial charge is 0.261 e. The van der Waals surface area contributed by atoms with Crippen LogP contribution in [0.1, 0.15) is 11.1 Å². The molecule has 0 spiro atoms. The number of nitriles is 1. The summed E-state index contributed by atoms with van der Waals surface area (Å²) in [4.78, 5) is 27.2. The Morgan fingerprint density at radius 1 is 1.13 bits per heavy atom. The largest absolute Gasteiger partial charge is 0.368 e. The minimum Gasteiger partial charge on any atom is -0.368 e. The Kier molecular flexibility index (Phi) is 5.54. The number of aromatic nitrogens is 2. The summed E-state index contributed by atoms with van der Waals surface area (Å²) < 4.78 is 1.72. The van der Waals surface area contributed by atoms with Gasteiger partial charge in [-0.1, -0.05) is 36.4 Å². The topological polar surface area (TPSA) is 117 Å². The molecule has 0 aliphatic carbocycles. The summed E-state index contributed by atoms with van der Waals surface area (Å²) in [5.74, 6) is -0.902. The molecule has 7 heteroatoms. The number of H-pyrrole nitrogens is 1. The van der Waals surface area contributed by atoms with E-state index in [1.54, 1.807) is 16.8 Å². The molecule has 0 atom stereocenters. The zero-order chi connectivity index (χ0) is 21.8. The lowest BCUT2D eigenvalue weighted by Gasteiger charge is -2.04. The van der Waals surface area contributed by atoms with Crippen molar-refractivity contribution in [1.29, 1.82) is 5.26 Å². The van der Waals surface area contributed by atoms with Gasteiger partial charge in [0, 0.05) is 46.3 Å². The number of amides is 2. The van der Waals surface area contributed by atoms with Crippen molar-refractivity contribution < 1.29 is 9.59 Å². The van der Waals surface area contributed by atoms with E-state index in [0.717, 1.165) is 27.4 Å². The van der Waals surface area contributed by atoms with Crippen LogP contribution in [0.15, 0.2) is 66.5 Å². The number of nitrogens with two attached hydrogens (primary N) is 1. The average molecular weight is 411 g/mol. The minimum absolute atomic E-state index is 0.000838. The van der Waals surface area contributed by atoms with Gasteiger partial charge in [-0.05, 0) is 30.2 Å². The van der Waals surface area contributed by atoms with E-state index in [1.807, 2.05) is 60.8 Å². The van der Waals surface area contributed by atoms with E-state index in [-0.39, 0.29) is 12.1 Å². The van der Waals surface area contributed by atoms with Gasteiger partial charge in [0.05, 0.1) is 0 Å². The molecule has 0 aliphatic rings. The highest BCUT2D eigenvalue weighted by atomic mass is 16.2. The third-order valence-electron chi connectivity index (χ3n) is 5.17. The number of aromatic amines is 1. The van der Waals surface area contributed by atoms with Gasteiger partial charge in [0.15, 0.2) is 0 Å². The molecule has 0 fully saturated rings. The van der Waals surface area contributed by atoms with Crippen LogP contribution in [0.3, 0.4) is 0 Å². The fourth-order valence-electron chi connectivity index (χ4n) is 3.74. The Labute approximate surface area is 178 Å². The number of para-hydroxylation sites is 2. The first-order valence-electron chi connectivity index (χ1n) is 9.88. The van der Waals surface area contributed by atoms with Crippen LogP contribution in [-0.2, 0) is 22.6 Å². The molecule has 2 aromatic carbocycles. The highest BCUT2D eigenvalue weighted by Gasteiger charge is 2.13. The van der Waals surface area contributed by atoms with E-state index < -0.39 is 11.8 Å². The summed E-state index contributed by atoms with van der Waals surface area (Å²) in [5.41, 5.74) is 8.98. The van der Waals surface area contributed by atoms with Gasteiger partial charge in [0.2, 0.25) is 5.91 Å². The van der Waals surface area contributed by atoms with E-state index in [1.165, 1.54) is 0 Å². The molecule has 0 bridgehead atoms. The molecule has 154 valence electrons. The molecule has 2 heterocycles. The summed E-state index contributed by atoms with van der Waals surface area (Å²) in [6, 6.07) is 17.4. The highest BCUT2D eigenvalue weighted by Crippen LogP contribution is 2.23. The van der Waals surface area contributed by atoms with Gasteiger partial charge in [-0.3, -0.25) is 9.59 Å². The number of nitrogens with zero attached hydrogens (tertiary/aromatic N) is 2. The maximum atomic E-state index is 12.6. The second kappa shape index (κ2) is 8.59. The first kappa shape index (κ1) is 20.0. The van der Waals surface area contributed by atoms with Crippen molar-refractivity contribution in [3.05, 3.63) is 77.6 Å². The number of rotatable bonds is 7. The summed E-state index contributed by atoms with van der Waals surface area (Å²) >= 11 is 0. The van der Waals surface area contributed by atoms with Gasteiger partial charge < -0.3 is 20.6 Å². The number of hydrogen-bond donors (Lipinski definition) is 3. The van der Waals surface area contributed by atoms with Crippen molar-refractivity contribution in [2.75, 3.05) is 6.54 Å². The van der Waals surface area contributed by atoms with Gasteiger partial charge in [-0.2, -0.15) is 5.26 Å². The number of nitrogens with one attached hydrogen (secondary N) is 2. The molecular formula is C24H21N5O2. The maximum absolute atomic E-state index is 12.6. The molecule has 4 N–H and O–H groups in total. The predicted octanol–water partition coefficient (Wildman–Crippen LogP) is 2.87. The molecule has 31 heavy (non-hydrogen) atoms. The van der Waals surface area contributed by atoms with Crippen LogP contribution in [0.25, 0.3) is 27.9 Å². The van der Waals surface area contributed by atoms with E-state index >= 15 is 0 Å². The van der Waals surface area contributed by atoms with Crippen molar-refractivity contribution in [1.82, 2.24) is 14.9 Å². The number of benzene rings is 2. The van der Waals surface area contributed by atoms with Gasteiger partial charge >= 0.3 is 0 Å². The second-order valence-electron chi connectivity index (χ2n) is 7.23. The Bertz CT molecular complexity index is 1350. The maximum Gasteiger partial charge on any atom is 0.261 e. The zero-order valence-electron chi connectivity index (χ0n) is 16.8. The van der Waals surface area contributed by atoms with E-state index in [2.05, 4.69) is 10.3 Å². The molecule has 0 saturated carbocycles. The van der Waals surface area contributed by atoms with E-state index in [0.29, 0.717) is 18.5 Å². The second-order valence-corrected chi connectivity index (χ2v) is 7.23. The van der Waals surface area contributed by atoms with Crippen LogP contribution in [0, 0.1) is 11.3 Å². The number of hydrogen-bond acceptors (Lipinski definition) is 3. The van der Waals surface area contributed by atoms with Crippen LogP contribution >= 0.6 is 0 Å². The van der Waals surface area contributed by atoms with Crippen molar-refractivity contribution >= 4 is 39.7 Å². The lowest BCUT2D eigenvalue weighted by molar-refractivity contribution is -0.118. The quantitative estimate of drug-likeness (QED) is 0.321. The van der Waals surface area contributed by atoms with Crippen LogP contribution in [0.5, 0.6) is 0 Å². The molecular weight excluding hydrogens is 390 g/mol. The van der Waals surface area contributed by atoms with Crippen molar-refractivity contribution in [2.24, 2.45) is 5.73 Å². The molecule has 2 amide bonds. The highest BCUT2D eigenvalue weighted by molar-refractivity contribution is 6.04. The standard InChI is InChI=1S/C24H21N5O2/c25-12-17(11-18-14-29(15-23(26)30)22-8-4-2-6-20(18)22)24(31)27-10-9-16-13-28-21-7-3-1-5-19(16)21/h1-8,11,13-14,28H,9-10,15H2,(H2,26,30)(H,27,31)/b17-11-. The average Bonchev–Trinajstić information content (AvgIpc) is 3.33. The monoisotopic (exact) mass is 411 g/mol. The van der Waals surface area contributed by atoms with Gasteiger partial charge in [0.1, 0.15) is 18.2 Å². The van der Waals surface area contributed by atoms with Gasteiger partial charge in [-0.25, -0.2) is 0 Å². The third-order valence-corrected chi connectivity index (χ3v) is 5.17. The molecule has 0 aliphatic heterocycles. The van der Waals surface area contributed by atoms with Crippen molar-refractivity contribution in [2.45, 2.75) is 13.0 Å². The molecule has 2 aromatic heterocycles. The molecule has 0 saturated heterocycles. The van der Waals surface area contributed by atoms with Crippen LogP contribution < -0.4 is 11.1 Å². The number of fused-ring (bicyclic) bond motifs is 2. The lowest BCUT2D eigenvalue weighted by Crippen LogP contribution is -2.26. The van der Waals surface area contributed by atoms with E-state index in [4.69, 9.17) is 5.73 Å². The normalized spacial score (nSPS) is 11.5. The lowest BCUT2D eigenvalue weighted by atomic mass is 10.1. The first-order valence-corrected chi connectivity index (χ1v) is 9.88. The summed E-state index contributed by atoms with van der Waals surface area (Å²) in [6.07, 6.45) is 5.85. The third kappa shape index (κ3) is 4.19. The van der Waals surface area contributed by atoms with Crippen LogP contribution in [0.2, 0.25) is 0 Å². The SMILES string of the molecule is N#C/C(=C/c1cn(CC(N)=O)c2ccccc12)C(=O)NCCc1c[nH]c2ccccc12. The number of carbonyl (C=O) groups is 2. The van der Waals surface area contributed by atoms with Gasteiger partial charge in [0.25, 0.3) is 5.91 Å². The molecule has 0 radical (unpaired) electrons. The minimum atomic E-state index is -0.466. The van der Waals surface area contributed by atoms with Gasteiger partial charge in [-0.15, -0.1) is 0 Å². The molecule has 7 nitrogen and oxygen atoms in total. The van der Waals surface area contributed by atoms with Crippen LogP contribution in [0.4, 0.5) is 0 Å². The van der Waals surface area contributed by atoms with Crippen molar-refractivity contribution in [3.63, 3.8) is 0 Å². The fourth-order valence-corrected chi connectivity index (χ4v) is 3.74. The first-order chi connectivity index (χ1) is 15.1. The summed E-state index contributed by atoms with van der Waals surface area (Å²) in [6.45, 7) is 0.427. The zero-order valence-corrected chi connectivity index (χ0v) is 16.8. The summed E-state index contributed by atoms with van der Waals surface area (Å²) in [5, 5.41) is 14.3. The molecule has 0 unspecified atom stereocenters. The Morgan fingerprint density at radius 2 is 1.87 bits per heavy atom. The Balaban J connectivity index is 1.51. The van der Waals surface area contributed by atoms with Crippen LogP contribution in [-0.4, -0.2) is 27.9 Å².